The predicted octanol–water partition coefficient (Wildman–Crippen LogP) is 2.14. The lowest BCUT2D eigenvalue weighted by molar-refractivity contribution is 0.396. The number of benzene rings is 1. The van der Waals surface area contributed by atoms with Gasteiger partial charge in [-0.3, -0.25) is 0 Å². The van der Waals surface area contributed by atoms with E-state index in [9.17, 15) is 4.79 Å². The van der Waals surface area contributed by atoms with Crippen molar-refractivity contribution < 1.29 is 14.3 Å². The standard InChI is InChI=1S/C12H15NO3/c1-9(7-13-8-14)11-6-10(15-2)4-5-12(11)16-3/h4-6,9H,7H2,1-3H3. The van der Waals surface area contributed by atoms with E-state index in [-0.39, 0.29) is 5.92 Å². The molecule has 0 aromatic heterocycles. The van der Waals surface area contributed by atoms with Crippen molar-refractivity contribution >= 4 is 6.08 Å². The number of hydrogen-bond acceptors (Lipinski definition) is 4. The van der Waals surface area contributed by atoms with Crippen LogP contribution < -0.4 is 9.47 Å². The van der Waals surface area contributed by atoms with Gasteiger partial charge < -0.3 is 9.47 Å². The average molecular weight is 221 g/mol. The van der Waals surface area contributed by atoms with Crippen molar-refractivity contribution in [3.8, 4) is 11.5 Å². The van der Waals surface area contributed by atoms with E-state index >= 15 is 0 Å². The maximum atomic E-state index is 10.1. The molecule has 1 aromatic rings. The lowest BCUT2D eigenvalue weighted by Crippen LogP contribution is -2.01. The first kappa shape index (κ1) is 12.3. The van der Waals surface area contributed by atoms with Crippen LogP contribution in [0.2, 0.25) is 0 Å². The van der Waals surface area contributed by atoms with Gasteiger partial charge in [0.2, 0.25) is 6.08 Å². The van der Waals surface area contributed by atoms with Crippen LogP contribution in [0, 0.1) is 0 Å². The van der Waals surface area contributed by atoms with Gasteiger partial charge in [-0.1, -0.05) is 6.92 Å². The van der Waals surface area contributed by atoms with Crippen LogP contribution in [0.15, 0.2) is 23.2 Å². The summed E-state index contributed by atoms with van der Waals surface area (Å²) in [7, 11) is 3.22. The van der Waals surface area contributed by atoms with Crippen LogP contribution in [0.3, 0.4) is 0 Å². The van der Waals surface area contributed by atoms with Crippen LogP contribution in [0.5, 0.6) is 11.5 Å². The second kappa shape index (κ2) is 5.93. The van der Waals surface area contributed by atoms with Gasteiger partial charge in [-0.25, -0.2) is 9.79 Å². The minimum Gasteiger partial charge on any atom is -0.497 e. The fourth-order valence-corrected chi connectivity index (χ4v) is 1.50. The van der Waals surface area contributed by atoms with E-state index in [0.717, 1.165) is 17.1 Å². The van der Waals surface area contributed by atoms with E-state index in [1.165, 1.54) is 6.08 Å². The van der Waals surface area contributed by atoms with Crippen LogP contribution in [-0.2, 0) is 4.79 Å². The molecule has 1 rings (SSSR count). The highest BCUT2D eigenvalue weighted by molar-refractivity contribution is 5.43. The predicted molar refractivity (Wildman–Crippen MR) is 60.9 cm³/mol. The Bertz CT molecular complexity index is 397. The molecule has 0 aliphatic rings. The fraction of sp³-hybridized carbons (Fsp3) is 0.417. The van der Waals surface area contributed by atoms with Crippen LogP contribution in [0.1, 0.15) is 18.4 Å². The van der Waals surface area contributed by atoms with Gasteiger partial charge in [0.25, 0.3) is 0 Å². The van der Waals surface area contributed by atoms with Crippen molar-refractivity contribution in [2.24, 2.45) is 4.99 Å². The molecule has 1 atom stereocenters. The van der Waals surface area contributed by atoms with Gasteiger partial charge >= 0.3 is 0 Å². The van der Waals surface area contributed by atoms with Crippen molar-refractivity contribution in [2.75, 3.05) is 20.8 Å². The number of rotatable bonds is 5. The number of nitrogens with zero attached hydrogens (tertiary/aromatic N) is 1. The molecular formula is C12H15NO3. The van der Waals surface area contributed by atoms with E-state index in [1.54, 1.807) is 14.2 Å². The summed E-state index contributed by atoms with van der Waals surface area (Å²) >= 11 is 0. The second-order valence-corrected chi connectivity index (χ2v) is 3.44. The molecule has 4 heteroatoms. The molecule has 0 radical (unpaired) electrons. The Hall–Kier alpha value is -1.80. The van der Waals surface area contributed by atoms with Crippen molar-refractivity contribution in [1.82, 2.24) is 0 Å². The molecule has 0 aliphatic carbocycles. The smallest absolute Gasteiger partial charge is 0.234 e. The number of hydrogen-bond donors (Lipinski definition) is 0. The zero-order chi connectivity index (χ0) is 12.0. The van der Waals surface area contributed by atoms with Crippen molar-refractivity contribution in [2.45, 2.75) is 12.8 Å². The Kier molecular flexibility index (Phi) is 4.55. The highest BCUT2D eigenvalue weighted by atomic mass is 16.5. The molecule has 0 heterocycles. The fourth-order valence-electron chi connectivity index (χ4n) is 1.50. The number of aliphatic imine (C=N–C) groups is 1. The first-order valence-electron chi connectivity index (χ1n) is 4.98. The first-order chi connectivity index (χ1) is 7.72. The Morgan fingerprint density at radius 2 is 2.12 bits per heavy atom. The van der Waals surface area contributed by atoms with Gasteiger partial charge in [0.05, 0.1) is 20.8 Å². The third-order valence-corrected chi connectivity index (χ3v) is 2.40. The third kappa shape index (κ3) is 2.84. The first-order valence-corrected chi connectivity index (χ1v) is 4.98. The van der Waals surface area contributed by atoms with Crippen molar-refractivity contribution in [1.29, 1.82) is 0 Å². The van der Waals surface area contributed by atoms with Gasteiger partial charge in [-0.05, 0) is 18.2 Å². The summed E-state index contributed by atoms with van der Waals surface area (Å²) in [5, 5.41) is 0. The van der Waals surface area contributed by atoms with Crippen molar-refractivity contribution in [3.63, 3.8) is 0 Å². The number of ether oxygens (including phenoxy) is 2. The summed E-state index contributed by atoms with van der Waals surface area (Å²) in [6, 6.07) is 5.57. The van der Waals surface area contributed by atoms with Crippen LogP contribution in [0.4, 0.5) is 0 Å². The molecule has 86 valence electrons. The van der Waals surface area contributed by atoms with Crippen molar-refractivity contribution in [3.05, 3.63) is 23.8 Å². The zero-order valence-electron chi connectivity index (χ0n) is 9.69. The van der Waals surface area contributed by atoms with Gasteiger partial charge in [-0.2, -0.15) is 0 Å². The molecule has 0 spiro atoms. The van der Waals surface area contributed by atoms with E-state index < -0.39 is 0 Å². The molecule has 0 amide bonds. The van der Waals surface area contributed by atoms with Gasteiger partial charge in [0.1, 0.15) is 11.5 Å². The second-order valence-electron chi connectivity index (χ2n) is 3.44. The van der Waals surface area contributed by atoms with Gasteiger partial charge in [0, 0.05) is 11.5 Å². The molecule has 4 nitrogen and oxygen atoms in total. The molecule has 0 N–H and O–H groups in total. The minimum absolute atomic E-state index is 0.0894. The largest absolute Gasteiger partial charge is 0.497 e. The van der Waals surface area contributed by atoms with Gasteiger partial charge in [0.15, 0.2) is 0 Å². The quantitative estimate of drug-likeness (QED) is 0.565. The Morgan fingerprint density at radius 3 is 2.69 bits per heavy atom. The lowest BCUT2D eigenvalue weighted by atomic mass is 10.00. The summed E-state index contributed by atoms with van der Waals surface area (Å²) in [6.45, 7) is 2.37. The number of methoxy groups -OCH3 is 2. The lowest BCUT2D eigenvalue weighted by Gasteiger charge is -2.14. The Labute approximate surface area is 94.9 Å². The summed E-state index contributed by atoms with van der Waals surface area (Å²) < 4.78 is 10.4. The van der Waals surface area contributed by atoms with E-state index in [4.69, 9.17) is 9.47 Å². The van der Waals surface area contributed by atoms with E-state index in [0.29, 0.717) is 6.54 Å². The minimum atomic E-state index is 0.0894. The van der Waals surface area contributed by atoms with Crippen LogP contribution in [0.25, 0.3) is 0 Å². The number of carbonyl (C=O) groups excluding carboxylic acids is 1. The summed E-state index contributed by atoms with van der Waals surface area (Å²) in [6.07, 6.45) is 1.54. The molecule has 0 aliphatic heterocycles. The monoisotopic (exact) mass is 221 g/mol. The third-order valence-electron chi connectivity index (χ3n) is 2.40. The van der Waals surface area contributed by atoms with Crippen LogP contribution in [-0.4, -0.2) is 26.8 Å². The summed E-state index contributed by atoms with van der Waals surface area (Å²) in [4.78, 5) is 13.6. The Balaban J connectivity index is 3.02. The number of isocyanates is 1. The van der Waals surface area contributed by atoms with Gasteiger partial charge in [-0.15, -0.1) is 0 Å². The highest BCUT2D eigenvalue weighted by Gasteiger charge is 2.12. The topological polar surface area (TPSA) is 47.9 Å². The molecule has 1 unspecified atom stereocenters. The average Bonchev–Trinajstić information content (AvgIpc) is 2.35. The molecule has 0 saturated heterocycles. The molecule has 0 saturated carbocycles. The SMILES string of the molecule is COc1ccc(OC)c(C(C)CN=C=O)c1. The van der Waals surface area contributed by atoms with E-state index in [1.807, 2.05) is 25.1 Å². The normalized spacial score (nSPS) is 11.4. The molecular weight excluding hydrogens is 206 g/mol. The summed E-state index contributed by atoms with van der Waals surface area (Å²) in [5.74, 6) is 1.62. The van der Waals surface area contributed by atoms with E-state index in [2.05, 4.69) is 4.99 Å². The van der Waals surface area contributed by atoms with Crippen LogP contribution >= 0.6 is 0 Å². The Morgan fingerprint density at radius 1 is 1.38 bits per heavy atom. The highest BCUT2D eigenvalue weighted by Crippen LogP contribution is 2.30. The maximum Gasteiger partial charge on any atom is 0.234 e. The molecule has 1 aromatic carbocycles. The summed E-state index contributed by atoms with van der Waals surface area (Å²) in [5.41, 5.74) is 0.973. The molecule has 16 heavy (non-hydrogen) atoms. The zero-order valence-corrected chi connectivity index (χ0v) is 9.69. The molecule has 0 bridgehead atoms. The maximum absolute atomic E-state index is 10.1. The molecule has 0 fully saturated rings.